The third-order valence-electron chi connectivity index (χ3n) is 11.1. The number of hydrogen-bond donors (Lipinski definition) is 5. The van der Waals surface area contributed by atoms with Gasteiger partial charge in [-0.3, -0.25) is 33.7 Å². The van der Waals surface area contributed by atoms with E-state index in [1.165, 1.54) is 12.2 Å². The van der Waals surface area contributed by atoms with Crippen LogP contribution in [0.1, 0.15) is 50.9 Å². The molecule has 0 bridgehead atoms. The number of hydrogen-bond acceptors (Lipinski definition) is 11. The van der Waals surface area contributed by atoms with Gasteiger partial charge in [0.25, 0.3) is 23.6 Å². The molecule has 2 aliphatic rings. The first-order valence-corrected chi connectivity index (χ1v) is 22.8. The number of alkyl halides is 1. The highest BCUT2D eigenvalue weighted by molar-refractivity contribution is 7.17. The number of benzene rings is 3. The second-order valence-electron chi connectivity index (χ2n) is 15.6. The highest BCUT2D eigenvalue weighted by Crippen LogP contribution is 2.45. The number of amides is 6. The summed E-state index contributed by atoms with van der Waals surface area (Å²) in [6.07, 6.45) is 2.50. The van der Waals surface area contributed by atoms with E-state index in [0.29, 0.717) is 61.6 Å². The van der Waals surface area contributed by atoms with Crippen LogP contribution in [0.4, 0.5) is 17.1 Å². The second-order valence-corrected chi connectivity index (χ2v) is 16.8. The van der Waals surface area contributed by atoms with Crippen LogP contribution in [0.2, 0.25) is 0 Å². The van der Waals surface area contributed by atoms with Gasteiger partial charge in [0.15, 0.2) is 0 Å². The molecule has 3 aromatic carbocycles. The van der Waals surface area contributed by atoms with Crippen LogP contribution >= 0.6 is 22.9 Å². The largest absolute Gasteiger partial charge is 0.379 e. The Kier molecular flexibility index (Phi) is 14.9. The number of aromatic amines is 2. The number of fused-ring (bicyclic) bond motifs is 5. The van der Waals surface area contributed by atoms with Crippen LogP contribution in [0.25, 0.3) is 31.9 Å². The van der Waals surface area contributed by atoms with Gasteiger partial charge in [-0.25, -0.2) is 0 Å². The Morgan fingerprint density at radius 1 is 0.803 bits per heavy atom. The molecule has 2 aliphatic heterocycles. The predicted molar refractivity (Wildman–Crippen MR) is 250 cm³/mol. The molecule has 3 aromatic heterocycles. The lowest BCUT2D eigenvalue weighted by Crippen LogP contribution is -2.35. The number of rotatable bonds is 22. The smallest absolute Gasteiger partial charge is 0.274 e. The van der Waals surface area contributed by atoms with Crippen molar-refractivity contribution in [2.45, 2.75) is 25.7 Å². The van der Waals surface area contributed by atoms with E-state index in [4.69, 9.17) is 30.5 Å². The molecule has 17 nitrogen and oxygen atoms in total. The molecule has 1 atom stereocenters. The molecule has 8 rings (SSSR count). The fourth-order valence-corrected chi connectivity index (χ4v) is 8.99. The van der Waals surface area contributed by atoms with Gasteiger partial charge >= 0.3 is 0 Å². The lowest BCUT2D eigenvalue weighted by atomic mass is 9.97. The summed E-state index contributed by atoms with van der Waals surface area (Å²) in [6.45, 7) is 4.49. The third kappa shape index (κ3) is 10.8. The summed E-state index contributed by atoms with van der Waals surface area (Å²) >= 11 is 8.07. The highest BCUT2D eigenvalue weighted by Gasteiger charge is 2.35. The summed E-state index contributed by atoms with van der Waals surface area (Å²) < 4.78 is 22.7. The van der Waals surface area contributed by atoms with Gasteiger partial charge in [0.2, 0.25) is 11.8 Å². The molecule has 0 saturated carbocycles. The van der Waals surface area contributed by atoms with Crippen LogP contribution < -0.4 is 20.9 Å². The van der Waals surface area contributed by atoms with Gasteiger partial charge in [0.05, 0.1) is 46.1 Å². The van der Waals surface area contributed by atoms with Gasteiger partial charge in [-0.05, 0) is 78.0 Å². The van der Waals surface area contributed by atoms with Gasteiger partial charge in [-0.1, -0.05) is 0 Å². The molecule has 19 heteroatoms. The fourth-order valence-electron chi connectivity index (χ4n) is 7.81. The normalized spacial score (nSPS) is 14.5. The van der Waals surface area contributed by atoms with Crippen LogP contribution in [0.3, 0.4) is 0 Å². The van der Waals surface area contributed by atoms with E-state index < -0.39 is 11.8 Å². The van der Waals surface area contributed by atoms with E-state index in [1.807, 2.05) is 18.2 Å². The van der Waals surface area contributed by atoms with Crippen molar-refractivity contribution in [3.8, 4) is 0 Å². The lowest BCUT2D eigenvalue weighted by Gasteiger charge is -2.16. The maximum absolute atomic E-state index is 13.9. The first kappa shape index (κ1) is 46.1. The summed E-state index contributed by atoms with van der Waals surface area (Å²) in [6, 6.07) is 19.5. The molecule has 0 spiro atoms. The number of imide groups is 1. The number of anilines is 3. The topological polar surface area (TPSA) is 213 Å². The zero-order chi connectivity index (χ0) is 46.2. The molecular weight excluding hydrogens is 890 g/mol. The monoisotopic (exact) mass is 936 g/mol. The number of ether oxygens (including phenoxy) is 4. The number of aryl methyl sites for hydroxylation is 1. The van der Waals surface area contributed by atoms with E-state index in [0.717, 1.165) is 53.6 Å². The molecule has 0 fully saturated rings. The van der Waals surface area contributed by atoms with E-state index in [2.05, 4.69) is 44.3 Å². The molecule has 0 aliphatic carbocycles. The van der Waals surface area contributed by atoms with E-state index in [1.54, 1.807) is 52.6 Å². The minimum atomic E-state index is -0.422. The second kappa shape index (κ2) is 21.3. The van der Waals surface area contributed by atoms with Crippen LogP contribution in [-0.4, -0.2) is 122 Å². The number of carbonyl (C=O) groups is 6. The van der Waals surface area contributed by atoms with E-state index in [9.17, 15) is 28.8 Å². The maximum atomic E-state index is 13.9. The molecule has 0 saturated heterocycles. The number of halogens is 1. The fraction of sp³-hybridized carbons (Fsp3) is 0.319. The third-order valence-corrected chi connectivity index (χ3v) is 12.5. The zero-order valence-corrected chi connectivity index (χ0v) is 37.5. The van der Waals surface area contributed by atoms with Crippen molar-refractivity contribution >= 4 is 107 Å². The van der Waals surface area contributed by atoms with Crippen molar-refractivity contribution in [2.24, 2.45) is 0 Å². The number of carbonyl (C=O) groups excluding carboxylic acids is 6. The summed E-state index contributed by atoms with van der Waals surface area (Å²) in [4.78, 5) is 84.0. The Labute approximate surface area is 387 Å². The maximum Gasteiger partial charge on any atom is 0.274 e. The van der Waals surface area contributed by atoms with Crippen LogP contribution in [0.15, 0.2) is 72.1 Å². The Morgan fingerprint density at radius 2 is 1.45 bits per heavy atom. The Balaban J connectivity index is 0.709. The Morgan fingerprint density at radius 3 is 2.18 bits per heavy atom. The van der Waals surface area contributed by atoms with E-state index >= 15 is 0 Å². The summed E-state index contributed by atoms with van der Waals surface area (Å²) in [5.74, 6) is -1.47. The highest BCUT2D eigenvalue weighted by atomic mass is 35.5. The molecular formula is C47H47ClN7O10S. The van der Waals surface area contributed by atoms with Gasteiger partial charge < -0.3 is 49.8 Å². The first-order valence-electron chi connectivity index (χ1n) is 21.3. The minimum absolute atomic E-state index is 0.0114. The zero-order valence-electron chi connectivity index (χ0n) is 36.0. The Bertz CT molecular complexity index is 2820. The number of nitrogens with zero attached hydrogens (tertiary/aromatic N) is 2. The molecule has 343 valence electrons. The number of thiophene rings is 1. The molecule has 5 N–H and O–H groups in total. The van der Waals surface area contributed by atoms with Crippen molar-refractivity contribution in [3.05, 3.63) is 101 Å². The molecule has 5 heterocycles. The molecule has 6 aromatic rings. The lowest BCUT2D eigenvalue weighted by molar-refractivity contribution is -0.137. The SMILES string of the molecule is Cc1csc2[c]cc3c(c12)[C@H](CCl)CN3C(=O)c1cc2cc(NC(=O)c3cc4cc(NC(=O)CCOCCOCCOCOCCNC(=O)CCN5C(=O)C=CC5=O)ccc4[nH]3)ccc2[nH]1. The summed E-state index contributed by atoms with van der Waals surface area (Å²) in [7, 11) is 0. The summed E-state index contributed by atoms with van der Waals surface area (Å²) in [5, 5.41) is 13.2. The van der Waals surface area contributed by atoms with Gasteiger partial charge in [0.1, 0.15) is 18.2 Å². The first-order chi connectivity index (χ1) is 32.1. The summed E-state index contributed by atoms with van der Waals surface area (Å²) in [5.41, 5.74) is 6.47. The van der Waals surface area contributed by atoms with Crippen molar-refractivity contribution in [3.63, 3.8) is 0 Å². The predicted octanol–water partition coefficient (Wildman–Crippen LogP) is 5.99. The van der Waals surface area contributed by atoms with Crippen molar-refractivity contribution in [1.29, 1.82) is 0 Å². The van der Waals surface area contributed by atoms with Crippen molar-refractivity contribution < 1.29 is 47.7 Å². The molecule has 1 radical (unpaired) electrons. The van der Waals surface area contributed by atoms with Gasteiger partial charge in [-0.15, -0.1) is 22.9 Å². The molecule has 0 unspecified atom stereocenters. The Hall–Kier alpha value is -6.41. The number of aromatic nitrogens is 2. The van der Waals surface area contributed by atoms with Gasteiger partial charge in [0, 0.05) is 105 Å². The van der Waals surface area contributed by atoms with Gasteiger partial charge in [-0.2, -0.15) is 0 Å². The van der Waals surface area contributed by atoms with E-state index in [-0.39, 0.29) is 75.5 Å². The molecule has 66 heavy (non-hydrogen) atoms. The average Bonchev–Trinajstić information content (AvgIpc) is 4.15. The standard InChI is InChI=1S/C47H47ClN7O10S/c1-28-26-66-39-7-6-38-45(44(28)39)31(24-48)25-55(38)47(61)37-23-30-21-33(3-5-35(30)53-37)51-46(60)36-22-29-20-32(2-4-34(29)52-36)50-41(57)11-14-62-16-17-63-18-19-65-27-64-15-12-49-40(56)10-13-54-42(58)8-9-43(54)59/h2-6,8-9,20-23,26,31,52-53H,10-19,24-25,27H2,1H3,(H,49,56)(H,50,57)(H,51,60)/t31-/m1/s1. The minimum Gasteiger partial charge on any atom is -0.379 e. The number of H-pyrrole nitrogens is 2. The average molecular weight is 937 g/mol. The van der Waals surface area contributed by atoms with Crippen molar-refractivity contribution in [2.75, 3.05) is 87.5 Å². The van der Waals surface area contributed by atoms with Crippen LogP contribution in [0.5, 0.6) is 0 Å². The molecule has 6 amide bonds. The number of nitrogens with one attached hydrogen (secondary N) is 5. The van der Waals surface area contributed by atoms with Crippen LogP contribution in [-0.2, 0) is 38.1 Å². The quantitative estimate of drug-likeness (QED) is 0.0232. The van der Waals surface area contributed by atoms with Crippen LogP contribution in [0, 0.1) is 13.0 Å². The van der Waals surface area contributed by atoms with Crippen molar-refractivity contribution in [1.82, 2.24) is 20.2 Å².